The summed E-state index contributed by atoms with van der Waals surface area (Å²) in [6.07, 6.45) is 6.97. The molecule has 0 N–H and O–H groups in total. The molecule has 33 heavy (non-hydrogen) atoms. The number of ether oxygens (including phenoxy) is 2. The zero-order valence-corrected chi connectivity index (χ0v) is 18.9. The van der Waals surface area contributed by atoms with Gasteiger partial charge in [0.2, 0.25) is 0 Å². The number of esters is 2. The maximum Gasteiger partial charge on any atom is 0.338 e. The van der Waals surface area contributed by atoms with E-state index in [-0.39, 0.29) is 29.7 Å². The van der Waals surface area contributed by atoms with E-state index in [1.165, 1.54) is 0 Å². The molecule has 4 atom stereocenters. The Bertz CT molecular complexity index is 1010. The van der Waals surface area contributed by atoms with Gasteiger partial charge in [-0.3, -0.25) is 9.59 Å². The van der Waals surface area contributed by atoms with E-state index in [2.05, 4.69) is 6.92 Å². The van der Waals surface area contributed by atoms with Crippen molar-refractivity contribution in [1.29, 1.82) is 0 Å². The Kier molecular flexibility index (Phi) is 7.38. The molecular formula is C28H30O5. The van der Waals surface area contributed by atoms with Crippen molar-refractivity contribution in [3.05, 3.63) is 72.3 Å². The number of hydrogen-bond acceptors (Lipinski definition) is 5. The molecule has 172 valence electrons. The topological polar surface area (TPSA) is 69.7 Å². The van der Waals surface area contributed by atoms with Crippen LogP contribution in [0.4, 0.5) is 0 Å². The molecule has 1 aliphatic carbocycles. The summed E-state index contributed by atoms with van der Waals surface area (Å²) < 4.78 is 11.3. The molecule has 4 unspecified atom stereocenters. The van der Waals surface area contributed by atoms with Crippen molar-refractivity contribution in [3.8, 4) is 11.1 Å². The van der Waals surface area contributed by atoms with Gasteiger partial charge in [0.25, 0.3) is 0 Å². The summed E-state index contributed by atoms with van der Waals surface area (Å²) in [5, 5.41) is 0. The molecule has 1 heterocycles. The van der Waals surface area contributed by atoms with Gasteiger partial charge in [-0.1, -0.05) is 68.3 Å². The van der Waals surface area contributed by atoms with Gasteiger partial charge in [0.1, 0.15) is 12.2 Å². The van der Waals surface area contributed by atoms with Crippen molar-refractivity contribution in [2.24, 2.45) is 11.8 Å². The Labute approximate surface area is 194 Å². The van der Waals surface area contributed by atoms with Crippen LogP contribution in [0.2, 0.25) is 0 Å². The van der Waals surface area contributed by atoms with E-state index >= 15 is 0 Å². The fourth-order valence-electron chi connectivity index (χ4n) is 4.78. The molecule has 0 spiro atoms. The Hall–Kier alpha value is -3.21. The van der Waals surface area contributed by atoms with Crippen molar-refractivity contribution in [3.63, 3.8) is 0 Å². The molecule has 2 aromatic rings. The summed E-state index contributed by atoms with van der Waals surface area (Å²) in [6.45, 7) is 2.10. The summed E-state index contributed by atoms with van der Waals surface area (Å²) in [5.74, 6) is -0.823. The number of fused-ring (bicyclic) bond motifs is 1. The molecule has 4 rings (SSSR count). The third kappa shape index (κ3) is 5.59. The molecular weight excluding hydrogens is 416 g/mol. The highest BCUT2D eigenvalue weighted by Crippen LogP contribution is 2.43. The summed E-state index contributed by atoms with van der Waals surface area (Å²) in [4.78, 5) is 36.9. The van der Waals surface area contributed by atoms with Gasteiger partial charge >= 0.3 is 11.9 Å². The lowest BCUT2D eigenvalue weighted by atomic mass is 9.91. The Morgan fingerprint density at radius 1 is 1.03 bits per heavy atom. The zero-order valence-electron chi connectivity index (χ0n) is 18.9. The van der Waals surface area contributed by atoms with E-state index in [9.17, 15) is 14.4 Å². The lowest BCUT2D eigenvalue weighted by Gasteiger charge is -2.20. The second-order valence-electron chi connectivity index (χ2n) is 8.88. The van der Waals surface area contributed by atoms with Gasteiger partial charge in [-0.25, -0.2) is 4.79 Å². The minimum Gasteiger partial charge on any atom is -0.462 e. The van der Waals surface area contributed by atoms with E-state index in [1.807, 2.05) is 48.5 Å². The lowest BCUT2D eigenvalue weighted by molar-refractivity contribution is -0.141. The molecule has 0 radical (unpaired) electrons. The van der Waals surface area contributed by atoms with Crippen LogP contribution >= 0.6 is 0 Å². The van der Waals surface area contributed by atoms with Gasteiger partial charge in [-0.15, -0.1) is 0 Å². The number of ketones is 1. The number of unbranched alkanes of at least 4 members (excludes halogenated alkanes) is 2. The molecule has 2 aliphatic rings. The first-order valence-electron chi connectivity index (χ1n) is 11.8. The van der Waals surface area contributed by atoms with Crippen LogP contribution in [0.1, 0.15) is 55.8 Å². The number of benzene rings is 2. The molecule has 2 aromatic carbocycles. The van der Waals surface area contributed by atoms with E-state index < -0.39 is 12.1 Å². The highest BCUT2D eigenvalue weighted by atomic mass is 16.6. The van der Waals surface area contributed by atoms with Crippen molar-refractivity contribution < 1.29 is 23.9 Å². The number of carbonyl (C=O) groups excluding carboxylic acids is 3. The fraction of sp³-hybridized carbons (Fsp3) is 0.393. The average molecular weight is 447 g/mol. The summed E-state index contributed by atoms with van der Waals surface area (Å²) >= 11 is 0. The normalized spacial score (nSPS) is 24.0. The van der Waals surface area contributed by atoms with Crippen molar-refractivity contribution in [2.75, 3.05) is 0 Å². The van der Waals surface area contributed by atoms with Gasteiger partial charge in [0, 0.05) is 24.7 Å². The van der Waals surface area contributed by atoms with Crippen LogP contribution in [0.25, 0.3) is 11.1 Å². The lowest BCUT2D eigenvalue weighted by Crippen LogP contribution is -2.25. The predicted octanol–water partition coefficient (Wildman–Crippen LogP) is 5.54. The summed E-state index contributed by atoms with van der Waals surface area (Å²) in [5.41, 5.74) is 2.58. The molecule has 5 heteroatoms. The summed E-state index contributed by atoms with van der Waals surface area (Å²) in [7, 11) is 0. The molecule has 5 nitrogen and oxygen atoms in total. The monoisotopic (exact) mass is 446 g/mol. The number of carbonyl (C=O) groups is 3. The van der Waals surface area contributed by atoms with Crippen LogP contribution in [-0.2, 0) is 19.1 Å². The van der Waals surface area contributed by atoms with Gasteiger partial charge in [-0.2, -0.15) is 0 Å². The number of allylic oxidation sites excluding steroid dienone is 1. The predicted molar refractivity (Wildman–Crippen MR) is 125 cm³/mol. The van der Waals surface area contributed by atoms with E-state index in [0.717, 1.165) is 30.4 Å². The molecule has 1 saturated carbocycles. The Balaban J connectivity index is 1.43. The average Bonchev–Trinajstić information content (AvgIpc) is 3.33. The Morgan fingerprint density at radius 2 is 1.76 bits per heavy atom. The molecule has 1 aliphatic heterocycles. The first kappa shape index (κ1) is 23.0. The highest BCUT2D eigenvalue weighted by molar-refractivity contribution is 5.91. The first-order valence-corrected chi connectivity index (χ1v) is 11.8. The molecule has 2 fully saturated rings. The number of hydrogen-bond donors (Lipinski definition) is 0. The standard InChI is InChI=1S/C28H30O5/c1-2-3-5-10-22(29)15-16-23-24-17-27(30)32-26(24)18-25(23)33-28(31)21-13-11-20(12-14-21)19-8-6-4-7-9-19/h4,6-9,11-16,23-26H,2-3,5,10,17-18H2,1H3/b16-15+. The van der Waals surface area contributed by atoms with Gasteiger partial charge in [0.15, 0.2) is 5.78 Å². The Morgan fingerprint density at radius 3 is 2.48 bits per heavy atom. The van der Waals surface area contributed by atoms with Gasteiger partial charge in [0.05, 0.1) is 12.0 Å². The maximum absolute atomic E-state index is 12.9. The second-order valence-corrected chi connectivity index (χ2v) is 8.88. The third-order valence-electron chi connectivity index (χ3n) is 6.57. The van der Waals surface area contributed by atoms with Crippen LogP contribution in [-0.4, -0.2) is 29.9 Å². The van der Waals surface area contributed by atoms with Crippen molar-refractivity contribution in [2.45, 2.75) is 57.7 Å². The zero-order chi connectivity index (χ0) is 23.2. The van der Waals surface area contributed by atoms with Crippen LogP contribution in [0.3, 0.4) is 0 Å². The van der Waals surface area contributed by atoms with Crippen LogP contribution < -0.4 is 0 Å². The minimum atomic E-state index is -0.422. The minimum absolute atomic E-state index is 0.0598. The SMILES string of the molecule is CCCCCC(=O)/C=C/C1C(OC(=O)c2ccc(-c3ccccc3)cc2)CC2OC(=O)CC21. The van der Waals surface area contributed by atoms with Crippen LogP contribution in [0.15, 0.2) is 66.7 Å². The smallest absolute Gasteiger partial charge is 0.338 e. The second kappa shape index (κ2) is 10.6. The van der Waals surface area contributed by atoms with Gasteiger partial charge < -0.3 is 9.47 Å². The van der Waals surface area contributed by atoms with E-state index in [1.54, 1.807) is 18.2 Å². The summed E-state index contributed by atoms with van der Waals surface area (Å²) in [6, 6.07) is 17.3. The molecule has 0 aromatic heterocycles. The fourth-order valence-corrected chi connectivity index (χ4v) is 4.78. The van der Waals surface area contributed by atoms with E-state index in [4.69, 9.17) is 9.47 Å². The van der Waals surface area contributed by atoms with E-state index in [0.29, 0.717) is 24.8 Å². The largest absolute Gasteiger partial charge is 0.462 e. The number of rotatable bonds is 9. The molecule has 1 saturated heterocycles. The maximum atomic E-state index is 12.9. The molecule has 0 amide bonds. The van der Waals surface area contributed by atoms with Gasteiger partial charge in [-0.05, 0) is 35.8 Å². The third-order valence-corrected chi connectivity index (χ3v) is 6.57. The quantitative estimate of drug-likeness (QED) is 0.287. The first-order chi connectivity index (χ1) is 16.0. The van der Waals surface area contributed by atoms with Crippen LogP contribution in [0.5, 0.6) is 0 Å². The van der Waals surface area contributed by atoms with Crippen molar-refractivity contribution >= 4 is 17.7 Å². The molecule has 0 bridgehead atoms. The highest BCUT2D eigenvalue weighted by Gasteiger charge is 2.50. The van der Waals surface area contributed by atoms with Crippen molar-refractivity contribution in [1.82, 2.24) is 0 Å². The van der Waals surface area contributed by atoms with Crippen LogP contribution in [0, 0.1) is 11.8 Å².